The van der Waals surface area contributed by atoms with Crippen molar-refractivity contribution in [1.29, 1.82) is 0 Å². The summed E-state index contributed by atoms with van der Waals surface area (Å²) in [6.07, 6.45) is 3.11. The monoisotopic (exact) mass is 291 g/mol. The number of pyridine rings is 1. The average molecular weight is 291 g/mol. The van der Waals surface area contributed by atoms with Crippen LogP contribution in [0.15, 0.2) is 30.6 Å². The third kappa shape index (κ3) is 3.34. The number of carbonyl (C=O) groups is 1. The van der Waals surface area contributed by atoms with Gasteiger partial charge in [-0.25, -0.2) is 8.78 Å². The van der Waals surface area contributed by atoms with Gasteiger partial charge in [0.05, 0.1) is 0 Å². The number of aromatic nitrogens is 1. The van der Waals surface area contributed by atoms with Crippen LogP contribution < -0.4 is 10.6 Å². The molecule has 0 saturated carbocycles. The zero-order valence-electron chi connectivity index (χ0n) is 11.7. The SMILES string of the molecule is CCNc1c(F)cc(C(=O)Nc2ccncc2C)cc1F. The Kier molecular flexibility index (Phi) is 4.47. The van der Waals surface area contributed by atoms with Gasteiger partial charge in [0.2, 0.25) is 0 Å². The number of nitrogens with zero attached hydrogens (tertiary/aromatic N) is 1. The Balaban J connectivity index is 2.26. The first-order chi connectivity index (χ1) is 10.0. The Hall–Kier alpha value is -2.50. The maximum absolute atomic E-state index is 13.8. The van der Waals surface area contributed by atoms with E-state index in [1.165, 1.54) is 6.20 Å². The lowest BCUT2D eigenvalue weighted by Gasteiger charge is -2.10. The largest absolute Gasteiger partial charge is 0.381 e. The summed E-state index contributed by atoms with van der Waals surface area (Å²) >= 11 is 0. The molecule has 2 aromatic rings. The Morgan fingerprint density at radius 3 is 2.52 bits per heavy atom. The first-order valence-electron chi connectivity index (χ1n) is 6.47. The predicted molar refractivity (Wildman–Crippen MR) is 77.4 cm³/mol. The minimum absolute atomic E-state index is 0.0807. The van der Waals surface area contributed by atoms with Crippen LogP contribution in [0.4, 0.5) is 20.2 Å². The van der Waals surface area contributed by atoms with Gasteiger partial charge >= 0.3 is 0 Å². The van der Waals surface area contributed by atoms with Crippen LogP contribution in [0, 0.1) is 18.6 Å². The Bertz CT molecular complexity index is 651. The number of amides is 1. The van der Waals surface area contributed by atoms with E-state index in [1.807, 2.05) is 0 Å². The Morgan fingerprint density at radius 2 is 1.95 bits per heavy atom. The molecule has 0 aliphatic carbocycles. The molecule has 0 bridgehead atoms. The maximum atomic E-state index is 13.8. The van der Waals surface area contributed by atoms with Crippen molar-refractivity contribution in [2.45, 2.75) is 13.8 Å². The zero-order chi connectivity index (χ0) is 15.4. The zero-order valence-corrected chi connectivity index (χ0v) is 11.7. The van der Waals surface area contributed by atoms with Gasteiger partial charge < -0.3 is 10.6 Å². The Morgan fingerprint density at radius 1 is 1.29 bits per heavy atom. The van der Waals surface area contributed by atoms with Crippen molar-refractivity contribution in [2.24, 2.45) is 0 Å². The highest BCUT2D eigenvalue weighted by atomic mass is 19.1. The van der Waals surface area contributed by atoms with Crippen LogP contribution >= 0.6 is 0 Å². The van der Waals surface area contributed by atoms with E-state index in [4.69, 9.17) is 0 Å². The predicted octanol–water partition coefficient (Wildman–Crippen LogP) is 3.35. The fraction of sp³-hybridized carbons (Fsp3) is 0.200. The molecule has 0 aliphatic heterocycles. The highest BCUT2D eigenvalue weighted by Crippen LogP contribution is 2.22. The van der Waals surface area contributed by atoms with E-state index in [9.17, 15) is 13.6 Å². The standard InChI is InChI=1S/C15H15F2N3O/c1-3-19-14-11(16)6-10(7-12(14)17)15(21)20-13-4-5-18-8-9(13)2/h4-8,19H,3H2,1-2H3,(H,18,20,21). The lowest BCUT2D eigenvalue weighted by molar-refractivity contribution is 0.102. The number of aryl methyl sites for hydroxylation is 1. The first-order valence-corrected chi connectivity index (χ1v) is 6.47. The van der Waals surface area contributed by atoms with Crippen LogP contribution in [0.5, 0.6) is 0 Å². The van der Waals surface area contributed by atoms with E-state index >= 15 is 0 Å². The molecule has 6 heteroatoms. The van der Waals surface area contributed by atoms with Crippen molar-refractivity contribution in [1.82, 2.24) is 4.98 Å². The molecule has 0 radical (unpaired) electrons. The molecule has 1 amide bonds. The van der Waals surface area contributed by atoms with E-state index in [0.717, 1.165) is 17.7 Å². The molecule has 0 saturated heterocycles. The van der Waals surface area contributed by atoms with Crippen LogP contribution in [0.25, 0.3) is 0 Å². The summed E-state index contributed by atoms with van der Waals surface area (Å²) in [5.74, 6) is -2.17. The molecule has 21 heavy (non-hydrogen) atoms. The third-order valence-corrected chi connectivity index (χ3v) is 2.93. The first kappa shape index (κ1) is 14.9. The molecule has 110 valence electrons. The molecule has 0 aliphatic rings. The van der Waals surface area contributed by atoms with Gasteiger partial charge in [0.15, 0.2) is 0 Å². The minimum atomic E-state index is -0.798. The van der Waals surface area contributed by atoms with Crippen LogP contribution in [0.2, 0.25) is 0 Å². The average Bonchev–Trinajstić information content (AvgIpc) is 2.45. The normalized spacial score (nSPS) is 10.3. The number of anilines is 2. The summed E-state index contributed by atoms with van der Waals surface area (Å²) in [5.41, 5.74) is 1.000. The summed E-state index contributed by atoms with van der Waals surface area (Å²) in [6.45, 7) is 3.89. The topological polar surface area (TPSA) is 54.0 Å². The van der Waals surface area contributed by atoms with Gasteiger partial charge in [-0.15, -0.1) is 0 Å². The van der Waals surface area contributed by atoms with Crippen molar-refractivity contribution in [3.8, 4) is 0 Å². The van der Waals surface area contributed by atoms with Crippen molar-refractivity contribution in [3.63, 3.8) is 0 Å². The van der Waals surface area contributed by atoms with E-state index in [0.29, 0.717) is 12.2 Å². The van der Waals surface area contributed by atoms with E-state index < -0.39 is 17.5 Å². The maximum Gasteiger partial charge on any atom is 0.255 e. The summed E-state index contributed by atoms with van der Waals surface area (Å²) in [6, 6.07) is 3.63. The minimum Gasteiger partial charge on any atom is -0.381 e. The van der Waals surface area contributed by atoms with Crippen LogP contribution in [0.3, 0.4) is 0 Å². The third-order valence-electron chi connectivity index (χ3n) is 2.93. The summed E-state index contributed by atoms with van der Waals surface area (Å²) in [5, 5.41) is 5.18. The number of benzene rings is 1. The van der Waals surface area contributed by atoms with Crippen molar-refractivity contribution >= 4 is 17.3 Å². The van der Waals surface area contributed by atoms with Gasteiger partial charge in [0.1, 0.15) is 17.3 Å². The molecular formula is C15H15F2N3O. The number of rotatable bonds is 4. The smallest absolute Gasteiger partial charge is 0.255 e. The molecule has 0 unspecified atom stereocenters. The number of hydrogen-bond donors (Lipinski definition) is 2. The molecule has 1 heterocycles. The van der Waals surface area contributed by atoms with E-state index in [-0.39, 0.29) is 11.3 Å². The summed E-state index contributed by atoms with van der Waals surface area (Å²) in [4.78, 5) is 16.0. The molecule has 2 N–H and O–H groups in total. The van der Waals surface area contributed by atoms with Crippen molar-refractivity contribution in [3.05, 3.63) is 53.4 Å². The molecule has 4 nitrogen and oxygen atoms in total. The molecule has 1 aromatic heterocycles. The fourth-order valence-electron chi connectivity index (χ4n) is 1.86. The van der Waals surface area contributed by atoms with Crippen LogP contribution in [-0.2, 0) is 0 Å². The van der Waals surface area contributed by atoms with Crippen molar-refractivity contribution in [2.75, 3.05) is 17.2 Å². The quantitative estimate of drug-likeness (QED) is 0.908. The van der Waals surface area contributed by atoms with Crippen LogP contribution in [0.1, 0.15) is 22.8 Å². The van der Waals surface area contributed by atoms with Gasteiger partial charge in [-0.1, -0.05) is 0 Å². The second kappa shape index (κ2) is 6.30. The molecule has 0 spiro atoms. The number of carbonyl (C=O) groups excluding carboxylic acids is 1. The highest BCUT2D eigenvalue weighted by Gasteiger charge is 2.15. The summed E-state index contributed by atoms with van der Waals surface area (Å²) in [7, 11) is 0. The number of hydrogen-bond acceptors (Lipinski definition) is 3. The van der Waals surface area contributed by atoms with Gasteiger partial charge in [-0.2, -0.15) is 0 Å². The molecule has 2 rings (SSSR count). The Labute approximate surface area is 121 Å². The number of nitrogens with one attached hydrogen (secondary N) is 2. The van der Waals surface area contributed by atoms with Gasteiger partial charge in [-0.3, -0.25) is 9.78 Å². The summed E-state index contributed by atoms with van der Waals surface area (Å²) < 4.78 is 27.6. The second-order valence-corrected chi connectivity index (χ2v) is 4.49. The van der Waals surface area contributed by atoms with Crippen LogP contribution in [-0.4, -0.2) is 17.4 Å². The van der Waals surface area contributed by atoms with E-state index in [2.05, 4.69) is 15.6 Å². The molecule has 0 atom stereocenters. The lowest BCUT2D eigenvalue weighted by atomic mass is 10.1. The van der Waals surface area contributed by atoms with Gasteiger partial charge in [-0.05, 0) is 37.6 Å². The van der Waals surface area contributed by atoms with E-state index in [1.54, 1.807) is 26.1 Å². The second-order valence-electron chi connectivity index (χ2n) is 4.49. The highest BCUT2D eigenvalue weighted by molar-refractivity contribution is 6.04. The van der Waals surface area contributed by atoms with Gasteiger partial charge in [0, 0.05) is 30.2 Å². The number of halogens is 2. The molecule has 1 aromatic carbocycles. The van der Waals surface area contributed by atoms with Gasteiger partial charge in [0.25, 0.3) is 5.91 Å². The fourth-order valence-corrected chi connectivity index (χ4v) is 1.86. The molecular weight excluding hydrogens is 276 g/mol. The lowest BCUT2D eigenvalue weighted by Crippen LogP contribution is -2.14. The molecule has 0 fully saturated rings. The van der Waals surface area contributed by atoms with Crippen molar-refractivity contribution < 1.29 is 13.6 Å².